The minimum absolute atomic E-state index is 0.115. The molecule has 0 bridgehead atoms. The largest absolute Gasteiger partial charge is 0.497 e. The van der Waals surface area contributed by atoms with Gasteiger partial charge in [0.05, 0.1) is 19.9 Å². The summed E-state index contributed by atoms with van der Waals surface area (Å²) in [5.74, 6) is 0.982. The molecule has 3 amide bonds. The van der Waals surface area contributed by atoms with Crippen LogP contribution in [0.2, 0.25) is 0 Å². The number of nitrogens with one attached hydrogen (secondary N) is 2. The van der Waals surface area contributed by atoms with Gasteiger partial charge in [0.2, 0.25) is 5.91 Å². The summed E-state index contributed by atoms with van der Waals surface area (Å²) in [4.78, 5) is 26.9. The quantitative estimate of drug-likeness (QED) is 0.831. The van der Waals surface area contributed by atoms with Crippen molar-refractivity contribution in [3.63, 3.8) is 0 Å². The van der Waals surface area contributed by atoms with E-state index in [1.54, 1.807) is 30.2 Å². The first-order valence-electron chi connectivity index (χ1n) is 9.11. The minimum atomic E-state index is -0.571. The normalized spacial score (nSPS) is 16.1. The Hall–Kier alpha value is -3.22. The number of benzene rings is 2. The number of carbonyl (C=O) groups is 2. The topological polar surface area (TPSA) is 79.9 Å². The Morgan fingerprint density at radius 3 is 2.54 bits per heavy atom. The molecular formula is C21H25N3O4. The molecule has 1 fully saturated rings. The van der Waals surface area contributed by atoms with Gasteiger partial charge in [0, 0.05) is 18.3 Å². The summed E-state index contributed by atoms with van der Waals surface area (Å²) in [6, 6.07) is 10.0. The van der Waals surface area contributed by atoms with Crippen LogP contribution in [0, 0.1) is 13.8 Å². The van der Waals surface area contributed by atoms with E-state index in [4.69, 9.17) is 9.47 Å². The molecule has 1 saturated heterocycles. The van der Waals surface area contributed by atoms with Gasteiger partial charge in [0.25, 0.3) is 0 Å². The monoisotopic (exact) mass is 383 g/mol. The summed E-state index contributed by atoms with van der Waals surface area (Å²) in [5, 5.41) is 5.48. The van der Waals surface area contributed by atoms with Crippen LogP contribution in [0.15, 0.2) is 36.4 Å². The van der Waals surface area contributed by atoms with Crippen LogP contribution >= 0.6 is 0 Å². The standard InChI is InChI=1S/C21H25N3O4/c1-13-5-6-15(11-14(13)2)24-10-9-17(20(24)25)22-21(26)23-18-12-16(27-3)7-8-19(18)28-4/h5-8,11-12,17H,9-10H2,1-4H3,(H2,22,23,26). The van der Waals surface area contributed by atoms with Gasteiger partial charge < -0.3 is 25.0 Å². The molecule has 3 rings (SSSR count). The molecule has 28 heavy (non-hydrogen) atoms. The third-order valence-electron chi connectivity index (χ3n) is 4.97. The minimum Gasteiger partial charge on any atom is -0.497 e. The van der Waals surface area contributed by atoms with Crippen LogP contribution in [0.4, 0.5) is 16.2 Å². The van der Waals surface area contributed by atoms with Crippen LogP contribution in [0.25, 0.3) is 0 Å². The predicted molar refractivity (Wildman–Crippen MR) is 108 cm³/mol. The molecule has 0 aliphatic carbocycles. The van der Waals surface area contributed by atoms with Gasteiger partial charge in [0.15, 0.2) is 0 Å². The number of anilines is 2. The lowest BCUT2D eigenvalue weighted by atomic mass is 10.1. The number of hydrogen-bond acceptors (Lipinski definition) is 4. The van der Waals surface area contributed by atoms with E-state index in [0.717, 1.165) is 11.3 Å². The van der Waals surface area contributed by atoms with Gasteiger partial charge in [-0.2, -0.15) is 0 Å². The number of rotatable bonds is 5. The van der Waals surface area contributed by atoms with E-state index in [9.17, 15) is 9.59 Å². The lowest BCUT2D eigenvalue weighted by Gasteiger charge is -2.19. The molecule has 0 radical (unpaired) electrons. The van der Waals surface area contributed by atoms with Crippen molar-refractivity contribution in [3.05, 3.63) is 47.5 Å². The zero-order valence-corrected chi connectivity index (χ0v) is 16.5. The smallest absolute Gasteiger partial charge is 0.319 e. The SMILES string of the molecule is COc1ccc(OC)c(NC(=O)NC2CCN(c3ccc(C)c(C)c3)C2=O)c1. The fourth-order valence-electron chi connectivity index (χ4n) is 3.19. The van der Waals surface area contributed by atoms with E-state index in [1.165, 1.54) is 12.7 Å². The third-order valence-corrected chi connectivity index (χ3v) is 4.97. The van der Waals surface area contributed by atoms with Crippen molar-refractivity contribution >= 4 is 23.3 Å². The maximum atomic E-state index is 12.8. The summed E-state index contributed by atoms with van der Waals surface area (Å²) in [6.45, 7) is 4.62. The Morgan fingerprint density at radius 2 is 1.86 bits per heavy atom. The molecule has 0 spiro atoms. The van der Waals surface area contributed by atoms with Crippen molar-refractivity contribution in [3.8, 4) is 11.5 Å². The first-order chi connectivity index (χ1) is 13.4. The van der Waals surface area contributed by atoms with E-state index in [1.807, 2.05) is 32.0 Å². The molecule has 1 unspecified atom stereocenters. The highest BCUT2D eigenvalue weighted by molar-refractivity contribution is 6.02. The maximum absolute atomic E-state index is 12.8. The Balaban J connectivity index is 1.67. The van der Waals surface area contributed by atoms with E-state index in [2.05, 4.69) is 10.6 Å². The van der Waals surface area contributed by atoms with Crippen LogP contribution in [0.3, 0.4) is 0 Å². The second kappa shape index (κ2) is 8.21. The maximum Gasteiger partial charge on any atom is 0.319 e. The van der Waals surface area contributed by atoms with Gasteiger partial charge in [-0.3, -0.25) is 4.79 Å². The predicted octanol–water partition coefficient (Wildman–Crippen LogP) is 3.25. The molecule has 2 aromatic rings. The number of urea groups is 1. The average Bonchev–Trinajstić information content (AvgIpc) is 3.04. The summed E-state index contributed by atoms with van der Waals surface area (Å²) < 4.78 is 10.4. The third kappa shape index (κ3) is 4.03. The van der Waals surface area contributed by atoms with Crippen LogP contribution in [-0.2, 0) is 4.79 Å². The number of carbonyl (C=O) groups excluding carboxylic acids is 2. The molecule has 1 heterocycles. The second-order valence-electron chi connectivity index (χ2n) is 6.76. The first-order valence-corrected chi connectivity index (χ1v) is 9.11. The summed E-state index contributed by atoms with van der Waals surface area (Å²) in [6.07, 6.45) is 0.550. The lowest BCUT2D eigenvalue weighted by Crippen LogP contribution is -2.43. The van der Waals surface area contributed by atoms with Crippen LogP contribution in [-0.4, -0.2) is 38.7 Å². The van der Waals surface area contributed by atoms with Crippen molar-refractivity contribution < 1.29 is 19.1 Å². The van der Waals surface area contributed by atoms with E-state index in [0.29, 0.717) is 30.2 Å². The van der Waals surface area contributed by atoms with Crippen LogP contribution in [0.1, 0.15) is 17.5 Å². The van der Waals surface area contributed by atoms with Crippen LogP contribution in [0.5, 0.6) is 11.5 Å². The Bertz CT molecular complexity index is 897. The molecular weight excluding hydrogens is 358 g/mol. The molecule has 1 atom stereocenters. The van der Waals surface area contributed by atoms with Gasteiger partial charge in [0.1, 0.15) is 17.5 Å². The highest BCUT2D eigenvalue weighted by atomic mass is 16.5. The number of amides is 3. The molecule has 148 valence electrons. The zero-order valence-electron chi connectivity index (χ0n) is 16.5. The summed E-state index contributed by atoms with van der Waals surface area (Å²) in [7, 11) is 3.07. The van der Waals surface area contributed by atoms with Gasteiger partial charge in [-0.05, 0) is 55.7 Å². The molecule has 2 N–H and O–H groups in total. The molecule has 0 saturated carbocycles. The molecule has 7 heteroatoms. The molecule has 1 aliphatic rings. The van der Waals surface area contributed by atoms with Crippen molar-refractivity contribution in [1.29, 1.82) is 0 Å². The second-order valence-corrected chi connectivity index (χ2v) is 6.76. The Morgan fingerprint density at radius 1 is 1.07 bits per heavy atom. The molecule has 7 nitrogen and oxygen atoms in total. The van der Waals surface area contributed by atoms with Gasteiger partial charge in [-0.1, -0.05) is 6.07 Å². The number of methoxy groups -OCH3 is 2. The van der Waals surface area contributed by atoms with Gasteiger partial charge in [-0.15, -0.1) is 0 Å². The average molecular weight is 383 g/mol. The number of hydrogen-bond donors (Lipinski definition) is 2. The summed E-state index contributed by atoms with van der Waals surface area (Å²) >= 11 is 0. The molecule has 2 aromatic carbocycles. The van der Waals surface area contributed by atoms with Crippen molar-refractivity contribution in [2.24, 2.45) is 0 Å². The first kappa shape index (κ1) is 19.5. The Kier molecular flexibility index (Phi) is 5.73. The van der Waals surface area contributed by atoms with E-state index < -0.39 is 12.1 Å². The number of aryl methyl sites for hydroxylation is 2. The fourth-order valence-corrected chi connectivity index (χ4v) is 3.19. The fraction of sp³-hybridized carbons (Fsp3) is 0.333. The molecule has 0 aromatic heterocycles. The van der Waals surface area contributed by atoms with Crippen LogP contribution < -0.4 is 25.0 Å². The molecule has 1 aliphatic heterocycles. The van der Waals surface area contributed by atoms with Gasteiger partial charge in [-0.25, -0.2) is 4.79 Å². The van der Waals surface area contributed by atoms with Crippen molar-refractivity contribution in [2.75, 3.05) is 31.0 Å². The lowest BCUT2D eigenvalue weighted by molar-refractivity contribution is -0.118. The van der Waals surface area contributed by atoms with Crippen molar-refractivity contribution in [1.82, 2.24) is 5.32 Å². The highest BCUT2D eigenvalue weighted by Crippen LogP contribution is 2.29. The van der Waals surface area contributed by atoms with Crippen molar-refractivity contribution in [2.45, 2.75) is 26.3 Å². The van der Waals surface area contributed by atoms with Gasteiger partial charge >= 0.3 is 6.03 Å². The Labute approximate surface area is 164 Å². The number of ether oxygens (including phenoxy) is 2. The van der Waals surface area contributed by atoms with E-state index >= 15 is 0 Å². The van der Waals surface area contributed by atoms with E-state index in [-0.39, 0.29) is 5.91 Å². The number of nitrogens with zero attached hydrogens (tertiary/aromatic N) is 1. The highest BCUT2D eigenvalue weighted by Gasteiger charge is 2.33. The summed E-state index contributed by atoms with van der Waals surface area (Å²) in [5.41, 5.74) is 3.63. The zero-order chi connectivity index (χ0) is 20.3.